The van der Waals surface area contributed by atoms with E-state index in [2.05, 4.69) is 16.0 Å². The molecule has 2 fully saturated rings. The van der Waals surface area contributed by atoms with Gasteiger partial charge < -0.3 is 20.9 Å². The summed E-state index contributed by atoms with van der Waals surface area (Å²) < 4.78 is 0. The van der Waals surface area contributed by atoms with Gasteiger partial charge in [-0.05, 0) is 50.6 Å². The number of anilines is 1. The van der Waals surface area contributed by atoms with Crippen molar-refractivity contribution >= 4 is 23.4 Å². The highest BCUT2D eigenvalue weighted by Gasteiger charge is 2.40. The fourth-order valence-corrected chi connectivity index (χ4v) is 3.61. The van der Waals surface area contributed by atoms with Crippen molar-refractivity contribution in [1.82, 2.24) is 15.5 Å². The van der Waals surface area contributed by atoms with Crippen LogP contribution in [0, 0.1) is 0 Å². The summed E-state index contributed by atoms with van der Waals surface area (Å²) in [6, 6.07) is 6.50. The van der Waals surface area contributed by atoms with E-state index in [4.69, 9.17) is 0 Å². The average molecular weight is 344 g/mol. The summed E-state index contributed by atoms with van der Waals surface area (Å²) in [5.41, 5.74) is 1.05. The number of nitrogens with one attached hydrogen (secondary N) is 3. The van der Waals surface area contributed by atoms with Gasteiger partial charge in [0.15, 0.2) is 0 Å². The van der Waals surface area contributed by atoms with E-state index in [1.54, 1.807) is 36.2 Å². The lowest BCUT2D eigenvalue weighted by Gasteiger charge is -2.35. The molecule has 2 saturated heterocycles. The van der Waals surface area contributed by atoms with Crippen molar-refractivity contribution in [2.24, 2.45) is 0 Å². The Kier molecular flexibility index (Phi) is 5.33. The van der Waals surface area contributed by atoms with Crippen molar-refractivity contribution in [3.8, 4) is 0 Å². The van der Waals surface area contributed by atoms with E-state index in [-0.39, 0.29) is 23.8 Å². The molecule has 7 heteroatoms. The van der Waals surface area contributed by atoms with Crippen LogP contribution in [0.4, 0.5) is 5.69 Å². The van der Waals surface area contributed by atoms with Gasteiger partial charge in [0.1, 0.15) is 6.04 Å². The Hall–Kier alpha value is -2.41. The first-order valence-electron chi connectivity index (χ1n) is 8.75. The first-order valence-corrected chi connectivity index (χ1v) is 8.75. The molecule has 2 aliphatic heterocycles. The summed E-state index contributed by atoms with van der Waals surface area (Å²) >= 11 is 0. The average Bonchev–Trinajstić information content (AvgIpc) is 3.03. The molecule has 0 bridgehead atoms. The van der Waals surface area contributed by atoms with E-state index in [1.807, 2.05) is 0 Å². The van der Waals surface area contributed by atoms with Crippen LogP contribution in [0.2, 0.25) is 0 Å². The largest absolute Gasteiger partial charge is 0.355 e. The van der Waals surface area contributed by atoms with E-state index >= 15 is 0 Å². The highest BCUT2D eigenvalue weighted by Crippen LogP contribution is 2.26. The van der Waals surface area contributed by atoms with E-state index in [1.165, 1.54) is 0 Å². The molecule has 3 rings (SSSR count). The first kappa shape index (κ1) is 17.4. The van der Waals surface area contributed by atoms with Crippen LogP contribution < -0.4 is 16.0 Å². The van der Waals surface area contributed by atoms with Crippen molar-refractivity contribution in [3.05, 3.63) is 29.8 Å². The van der Waals surface area contributed by atoms with Gasteiger partial charge in [0.25, 0.3) is 5.91 Å². The summed E-state index contributed by atoms with van der Waals surface area (Å²) in [5, 5.41) is 8.71. The number of carbonyl (C=O) groups is 3. The van der Waals surface area contributed by atoms with Gasteiger partial charge in [-0.3, -0.25) is 14.4 Å². The lowest BCUT2D eigenvalue weighted by molar-refractivity contribution is -0.136. The Bertz CT molecular complexity index is 670. The molecule has 0 aromatic heterocycles. The third-order valence-corrected chi connectivity index (χ3v) is 4.88. The monoisotopic (exact) mass is 344 g/mol. The van der Waals surface area contributed by atoms with Gasteiger partial charge in [-0.25, -0.2) is 0 Å². The lowest BCUT2D eigenvalue weighted by atomic mass is 10.0. The van der Waals surface area contributed by atoms with Crippen LogP contribution >= 0.6 is 0 Å². The quantitative estimate of drug-likeness (QED) is 0.751. The summed E-state index contributed by atoms with van der Waals surface area (Å²) in [4.78, 5) is 38.5. The minimum Gasteiger partial charge on any atom is -0.355 e. The second-order valence-electron chi connectivity index (χ2n) is 6.49. The molecule has 7 nitrogen and oxygen atoms in total. The van der Waals surface area contributed by atoms with Crippen molar-refractivity contribution < 1.29 is 14.4 Å². The van der Waals surface area contributed by atoms with Crippen LogP contribution in [0.5, 0.6) is 0 Å². The Morgan fingerprint density at radius 3 is 2.68 bits per heavy atom. The number of hydrogen-bond acceptors (Lipinski definition) is 4. The zero-order valence-corrected chi connectivity index (χ0v) is 14.4. The summed E-state index contributed by atoms with van der Waals surface area (Å²) in [5.74, 6) is -0.326. The number of likely N-dealkylation sites (tertiary alicyclic amines) is 1. The maximum atomic E-state index is 12.7. The number of carbonyl (C=O) groups excluding carboxylic acids is 3. The van der Waals surface area contributed by atoms with Crippen LogP contribution in [-0.4, -0.2) is 54.8 Å². The fourth-order valence-electron chi connectivity index (χ4n) is 3.61. The smallest absolute Gasteiger partial charge is 0.251 e. The third-order valence-electron chi connectivity index (χ3n) is 4.88. The van der Waals surface area contributed by atoms with E-state index in [9.17, 15) is 14.4 Å². The van der Waals surface area contributed by atoms with Gasteiger partial charge in [0, 0.05) is 30.8 Å². The summed E-state index contributed by atoms with van der Waals surface area (Å²) in [6.45, 7) is 1.74. The molecule has 0 saturated carbocycles. The molecule has 1 atom stereocenters. The maximum absolute atomic E-state index is 12.7. The van der Waals surface area contributed by atoms with Crippen molar-refractivity contribution in [3.63, 3.8) is 0 Å². The third kappa shape index (κ3) is 3.82. The molecule has 1 aromatic carbocycles. The molecule has 3 amide bonds. The fraction of sp³-hybridized carbons (Fsp3) is 0.500. The molecule has 2 heterocycles. The zero-order chi connectivity index (χ0) is 17.8. The van der Waals surface area contributed by atoms with Gasteiger partial charge >= 0.3 is 0 Å². The molecule has 1 unspecified atom stereocenters. The topological polar surface area (TPSA) is 90.5 Å². The predicted octanol–water partition coefficient (Wildman–Crippen LogP) is 0.728. The minimum absolute atomic E-state index is 0.0613. The molecule has 0 radical (unpaired) electrons. The number of nitrogens with zero attached hydrogens (tertiary/aromatic N) is 1. The summed E-state index contributed by atoms with van der Waals surface area (Å²) in [7, 11) is 1.56. The van der Waals surface area contributed by atoms with Gasteiger partial charge in [0.05, 0.1) is 0 Å². The predicted molar refractivity (Wildman–Crippen MR) is 94.2 cm³/mol. The highest BCUT2D eigenvalue weighted by atomic mass is 16.2. The maximum Gasteiger partial charge on any atom is 0.251 e. The second-order valence-corrected chi connectivity index (χ2v) is 6.49. The molecule has 3 N–H and O–H groups in total. The van der Waals surface area contributed by atoms with Crippen molar-refractivity contribution in [2.45, 2.75) is 37.8 Å². The Morgan fingerprint density at radius 1 is 1.20 bits per heavy atom. The molecular weight excluding hydrogens is 320 g/mol. The van der Waals surface area contributed by atoms with Crippen LogP contribution in [0.15, 0.2) is 24.3 Å². The van der Waals surface area contributed by atoms with E-state index in [0.717, 1.165) is 25.9 Å². The molecule has 134 valence electrons. The Labute approximate surface area is 147 Å². The summed E-state index contributed by atoms with van der Waals surface area (Å²) in [6.07, 6.45) is 2.72. The number of rotatable bonds is 4. The van der Waals surface area contributed by atoms with Crippen LogP contribution in [0.25, 0.3) is 0 Å². The number of amides is 3. The van der Waals surface area contributed by atoms with Crippen LogP contribution in [-0.2, 0) is 9.59 Å². The lowest BCUT2D eigenvalue weighted by Crippen LogP contribution is -2.50. The first-order chi connectivity index (χ1) is 12.1. The molecule has 25 heavy (non-hydrogen) atoms. The van der Waals surface area contributed by atoms with E-state index < -0.39 is 6.04 Å². The molecule has 0 spiro atoms. The molecule has 0 aliphatic carbocycles. The van der Waals surface area contributed by atoms with Gasteiger partial charge in [0.2, 0.25) is 11.8 Å². The van der Waals surface area contributed by atoms with Gasteiger partial charge in [-0.1, -0.05) is 6.07 Å². The normalized spacial score (nSPS) is 21.2. The zero-order valence-electron chi connectivity index (χ0n) is 14.4. The van der Waals surface area contributed by atoms with Crippen molar-refractivity contribution in [2.75, 3.05) is 25.5 Å². The standard InChI is InChI=1S/C18H24N4O3/c1-19-17(24)12-3-2-4-13(11-12)21-18(25)15-5-6-16(23)22(15)14-7-9-20-10-8-14/h2-4,11,14-15,20H,5-10H2,1H3,(H,19,24)(H,21,25). The molecular formula is C18H24N4O3. The minimum atomic E-state index is -0.431. The van der Waals surface area contributed by atoms with Crippen LogP contribution in [0.3, 0.4) is 0 Å². The second kappa shape index (κ2) is 7.65. The Morgan fingerprint density at radius 2 is 1.96 bits per heavy atom. The highest BCUT2D eigenvalue weighted by molar-refractivity contribution is 6.00. The SMILES string of the molecule is CNC(=O)c1cccc(NC(=O)C2CCC(=O)N2C2CCNCC2)c1. The van der Waals surface area contributed by atoms with Crippen LogP contribution in [0.1, 0.15) is 36.0 Å². The van der Waals surface area contributed by atoms with Gasteiger partial charge in [-0.15, -0.1) is 0 Å². The van der Waals surface area contributed by atoms with Crippen molar-refractivity contribution in [1.29, 1.82) is 0 Å². The van der Waals surface area contributed by atoms with E-state index in [0.29, 0.717) is 24.1 Å². The Balaban J connectivity index is 1.71. The number of piperidine rings is 1. The van der Waals surface area contributed by atoms with Gasteiger partial charge in [-0.2, -0.15) is 0 Å². The number of hydrogen-bond donors (Lipinski definition) is 3. The molecule has 2 aliphatic rings. The molecule has 1 aromatic rings. The number of benzene rings is 1.